The molecule has 0 saturated heterocycles. The largest absolute Gasteiger partial charge is 0.489 e. The van der Waals surface area contributed by atoms with Crippen molar-refractivity contribution >= 4 is 17.5 Å². The SMILES string of the molecule is CC(C)Oc1ccccc1NC(=O)c1cc(C(=O)NCCCN(C)C)ccn1. The molecule has 1 aromatic heterocycles. The molecule has 2 rings (SSSR count). The van der Waals surface area contributed by atoms with E-state index in [1.165, 1.54) is 12.3 Å². The van der Waals surface area contributed by atoms with Gasteiger partial charge < -0.3 is 20.3 Å². The number of nitrogens with zero attached hydrogens (tertiary/aromatic N) is 2. The molecule has 150 valence electrons. The second kappa shape index (κ2) is 10.4. The van der Waals surface area contributed by atoms with E-state index in [9.17, 15) is 9.59 Å². The second-order valence-corrected chi connectivity index (χ2v) is 6.96. The Hall–Kier alpha value is -2.93. The smallest absolute Gasteiger partial charge is 0.274 e. The molecule has 0 atom stereocenters. The summed E-state index contributed by atoms with van der Waals surface area (Å²) in [4.78, 5) is 31.0. The number of hydrogen-bond acceptors (Lipinski definition) is 5. The highest BCUT2D eigenvalue weighted by Crippen LogP contribution is 2.25. The summed E-state index contributed by atoms with van der Waals surface area (Å²) >= 11 is 0. The molecular weight excluding hydrogens is 356 g/mol. The number of hydrogen-bond donors (Lipinski definition) is 2. The molecule has 0 unspecified atom stereocenters. The quantitative estimate of drug-likeness (QED) is 0.650. The minimum atomic E-state index is -0.401. The summed E-state index contributed by atoms with van der Waals surface area (Å²) < 4.78 is 5.71. The third-order valence-corrected chi connectivity index (χ3v) is 3.82. The maximum absolute atomic E-state index is 12.6. The molecular formula is C21H28N4O3. The molecule has 0 bridgehead atoms. The predicted molar refractivity (Wildman–Crippen MR) is 110 cm³/mol. The van der Waals surface area contributed by atoms with Gasteiger partial charge in [-0.25, -0.2) is 0 Å². The molecule has 0 radical (unpaired) electrons. The highest BCUT2D eigenvalue weighted by Gasteiger charge is 2.14. The van der Waals surface area contributed by atoms with Gasteiger partial charge in [-0.3, -0.25) is 14.6 Å². The molecule has 0 aliphatic heterocycles. The molecule has 0 spiro atoms. The van der Waals surface area contributed by atoms with Crippen LogP contribution in [0.25, 0.3) is 0 Å². The van der Waals surface area contributed by atoms with Crippen LogP contribution >= 0.6 is 0 Å². The number of carbonyl (C=O) groups excluding carboxylic acids is 2. The zero-order valence-electron chi connectivity index (χ0n) is 16.9. The van der Waals surface area contributed by atoms with Crippen molar-refractivity contribution in [2.75, 3.05) is 32.5 Å². The third-order valence-electron chi connectivity index (χ3n) is 3.82. The summed E-state index contributed by atoms with van der Waals surface area (Å²) in [5.74, 6) is -0.0403. The lowest BCUT2D eigenvalue weighted by molar-refractivity contribution is 0.0952. The number of pyridine rings is 1. The molecule has 28 heavy (non-hydrogen) atoms. The van der Waals surface area contributed by atoms with E-state index in [1.54, 1.807) is 18.2 Å². The van der Waals surface area contributed by atoms with Gasteiger partial charge in [-0.15, -0.1) is 0 Å². The summed E-state index contributed by atoms with van der Waals surface area (Å²) in [6, 6.07) is 10.3. The number of carbonyl (C=O) groups is 2. The first-order valence-corrected chi connectivity index (χ1v) is 9.33. The minimum absolute atomic E-state index is 0.0179. The maximum Gasteiger partial charge on any atom is 0.274 e. The van der Waals surface area contributed by atoms with Crippen LogP contribution < -0.4 is 15.4 Å². The van der Waals surface area contributed by atoms with E-state index in [2.05, 4.69) is 20.5 Å². The molecule has 0 saturated carbocycles. The molecule has 2 aromatic rings. The Bertz CT molecular complexity index is 806. The Labute approximate surface area is 166 Å². The van der Waals surface area contributed by atoms with E-state index in [1.807, 2.05) is 40.1 Å². The average molecular weight is 384 g/mol. The first-order valence-electron chi connectivity index (χ1n) is 9.33. The van der Waals surface area contributed by atoms with Crippen molar-refractivity contribution in [3.05, 3.63) is 53.9 Å². The zero-order chi connectivity index (χ0) is 20.5. The lowest BCUT2D eigenvalue weighted by Gasteiger charge is -2.14. The zero-order valence-corrected chi connectivity index (χ0v) is 16.9. The van der Waals surface area contributed by atoms with Crippen molar-refractivity contribution < 1.29 is 14.3 Å². The Kier molecular flexibility index (Phi) is 7.95. The number of benzene rings is 1. The normalized spacial score (nSPS) is 10.8. The molecule has 7 heteroatoms. The maximum atomic E-state index is 12.6. The van der Waals surface area contributed by atoms with Crippen LogP contribution in [0.3, 0.4) is 0 Å². The molecule has 2 amide bonds. The van der Waals surface area contributed by atoms with Gasteiger partial charge in [0.1, 0.15) is 11.4 Å². The van der Waals surface area contributed by atoms with Gasteiger partial charge in [0.2, 0.25) is 0 Å². The molecule has 1 aromatic carbocycles. The van der Waals surface area contributed by atoms with Gasteiger partial charge in [-0.1, -0.05) is 12.1 Å². The van der Waals surface area contributed by atoms with E-state index < -0.39 is 5.91 Å². The highest BCUT2D eigenvalue weighted by atomic mass is 16.5. The topological polar surface area (TPSA) is 83.6 Å². The number of ether oxygens (including phenoxy) is 1. The van der Waals surface area contributed by atoms with Crippen molar-refractivity contribution in [3.8, 4) is 5.75 Å². The van der Waals surface area contributed by atoms with Crippen molar-refractivity contribution in [2.24, 2.45) is 0 Å². The van der Waals surface area contributed by atoms with Crippen LogP contribution in [0.5, 0.6) is 5.75 Å². The average Bonchev–Trinajstić information content (AvgIpc) is 2.66. The van der Waals surface area contributed by atoms with E-state index in [4.69, 9.17) is 4.74 Å². The standard InChI is InChI=1S/C21H28N4O3/c1-15(2)28-19-9-6-5-8-17(19)24-21(27)18-14-16(10-12-22-18)20(26)23-11-7-13-25(3)4/h5-6,8-10,12,14-15H,7,11,13H2,1-4H3,(H,23,26)(H,24,27). The first kappa shape index (κ1) is 21.4. The monoisotopic (exact) mass is 384 g/mol. The van der Waals surface area contributed by atoms with Gasteiger partial charge in [-0.2, -0.15) is 0 Å². The van der Waals surface area contributed by atoms with E-state index in [0.29, 0.717) is 23.5 Å². The molecule has 0 fully saturated rings. The predicted octanol–water partition coefficient (Wildman–Crippen LogP) is 2.80. The first-order chi connectivity index (χ1) is 13.4. The highest BCUT2D eigenvalue weighted by molar-refractivity contribution is 6.05. The molecule has 7 nitrogen and oxygen atoms in total. The second-order valence-electron chi connectivity index (χ2n) is 6.96. The number of rotatable bonds is 9. The number of aromatic nitrogens is 1. The van der Waals surface area contributed by atoms with Gasteiger partial charge >= 0.3 is 0 Å². The number of anilines is 1. The molecule has 0 aliphatic rings. The summed E-state index contributed by atoms with van der Waals surface area (Å²) in [6.07, 6.45) is 2.29. The van der Waals surface area contributed by atoms with Crippen LogP contribution in [0.4, 0.5) is 5.69 Å². The Balaban J connectivity index is 2.03. The Morgan fingerprint density at radius 1 is 1.14 bits per heavy atom. The number of para-hydroxylation sites is 2. The molecule has 0 aliphatic carbocycles. The van der Waals surface area contributed by atoms with Gasteiger partial charge in [0.25, 0.3) is 11.8 Å². The van der Waals surface area contributed by atoms with Gasteiger partial charge in [-0.05, 0) is 65.2 Å². The third kappa shape index (κ3) is 6.66. The minimum Gasteiger partial charge on any atom is -0.489 e. The Morgan fingerprint density at radius 3 is 2.61 bits per heavy atom. The fourth-order valence-corrected chi connectivity index (χ4v) is 2.51. The lowest BCUT2D eigenvalue weighted by atomic mass is 10.2. The lowest BCUT2D eigenvalue weighted by Crippen LogP contribution is -2.27. The van der Waals surface area contributed by atoms with Gasteiger partial charge in [0.15, 0.2) is 0 Å². The van der Waals surface area contributed by atoms with Crippen LogP contribution in [0.1, 0.15) is 41.1 Å². The van der Waals surface area contributed by atoms with Crippen LogP contribution in [0, 0.1) is 0 Å². The van der Waals surface area contributed by atoms with Gasteiger partial charge in [0.05, 0.1) is 11.8 Å². The molecule has 2 N–H and O–H groups in total. The summed E-state index contributed by atoms with van der Waals surface area (Å²) in [5, 5.41) is 5.66. The van der Waals surface area contributed by atoms with Crippen molar-refractivity contribution in [3.63, 3.8) is 0 Å². The van der Waals surface area contributed by atoms with Crippen molar-refractivity contribution in [2.45, 2.75) is 26.4 Å². The fourth-order valence-electron chi connectivity index (χ4n) is 2.51. The molecule has 1 heterocycles. The van der Waals surface area contributed by atoms with Gasteiger partial charge in [0, 0.05) is 18.3 Å². The summed E-state index contributed by atoms with van der Waals surface area (Å²) in [7, 11) is 3.97. The van der Waals surface area contributed by atoms with Crippen LogP contribution in [0.15, 0.2) is 42.6 Å². The van der Waals surface area contributed by atoms with Crippen LogP contribution in [0.2, 0.25) is 0 Å². The number of nitrogens with one attached hydrogen (secondary N) is 2. The van der Waals surface area contributed by atoms with E-state index >= 15 is 0 Å². The van der Waals surface area contributed by atoms with Crippen molar-refractivity contribution in [1.82, 2.24) is 15.2 Å². The summed E-state index contributed by atoms with van der Waals surface area (Å²) in [5.41, 5.74) is 1.12. The van der Waals surface area contributed by atoms with Crippen molar-refractivity contribution in [1.29, 1.82) is 0 Å². The van der Waals surface area contributed by atoms with E-state index in [-0.39, 0.29) is 17.7 Å². The summed E-state index contributed by atoms with van der Waals surface area (Å²) in [6.45, 7) is 5.30. The van der Waals surface area contributed by atoms with Crippen LogP contribution in [-0.4, -0.2) is 55.0 Å². The van der Waals surface area contributed by atoms with E-state index in [0.717, 1.165) is 13.0 Å². The number of amides is 2. The Morgan fingerprint density at radius 2 is 1.89 bits per heavy atom. The van der Waals surface area contributed by atoms with Crippen LogP contribution in [-0.2, 0) is 0 Å². The fraction of sp³-hybridized carbons (Fsp3) is 0.381.